The number of aliphatic hydroxyl groups excluding tert-OH is 1. The van der Waals surface area contributed by atoms with Gasteiger partial charge in [-0.1, -0.05) is 12.8 Å². The largest absolute Gasteiger partial charge is 0.482 e. The Kier molecular flexibility index (Phi) is 5.75. The maximum Gasteiger partial charge on any atom is 0.148 e. The van der Waals surface area contributed by atoms with Gasteiger partial charge in [0.05, 0.1) is 36.4 Å². The third-order valence-corrected chi connectivity index (χ3v) is 6.53. The molecular weight excluding hydrogens is 435 g/mol. The normalized spacial score (nSPS) is 19.1. The van der Waals surface area contributed by atoms with Crippen molar-refractivity contribution in [1.29, 1.82) is 5.26 Å². The molecule has 1 fully saturated rings. The van der Waals surface area contributed by atoms with Crippen LogP contribution in [-0.4, -0.2) is 35.6 Å². The van der Waals surface area contributed by atoms with Crippen molar-refractivity contribution < 1.29 is 14.2 Å². The van der Waals surface area contributed by atoms with E-state index < -0.39 is 18.0 Å². The summed E-state index contributed by atoms with van der Waals surface area (Å²) < 4.78 is 23.1. The molecule has 174 valence electrons. The molecule has 8 nitrogen and oxygen atoms in total. The predicted molar refractivity (Wildman–Crippen MR) is 123 cm³/mol. The van der Waals surface area contributed by atoms with Crippen molar-refractivity contribution in [2.45, 2.75) is 57.8 Å². The van der Waals surface area contributed by atoms with Gasteiger partial charge in [-0.3, -0.25) is 9.67 Å². The van der Waals surface area contributed by atoms with Crippen molar-refractivity contribution >= 4 is 5.52 Å². The second kappa shape index (κ2) is 8.88. The average molecular weight is 461 g/mol. The van der Waals surface area contributed by atoms with Gasteiger partial charge in [-0.15, -0.1) is 0 Å². The number of halogens is 1. The van der Waals surface area contributed by atoms with Crippen LogP contribution in [0.4, 0.5) is 4.39 Å². The molecule has 1 aliphatic carbocycles. The summed E-state index contributed by atoms with van der Waals surface area (Å²) in [4.78, 5) is 4.12. The fourth-order valence-electron chi connectivity index (χ4n) is 4.70. The van der Waals surface area contributed by atoms with E-state index in [0.29, 0.717) is 22.5 Å². The van der Waals surface area contributed by atoms with Crippen LogP contribution >= 0.6 is 0 Å². The van der Waals surface area contributed by atoms with Crippen molar-refractivity contribution in [3.05, 3.63) is 65.8 Å². The van der Waals surface area contributed by atoms with E-state index in [0.717, 1.165) is 48.7 Å². The van der Waals surface area contributed by atoms with E-state index >= 15 is 0 Å². The monoisotopic (exact) mass is 460 g/mol. The molecule has 4 heterocycles. The molecule has 9 heteroatoms. The molecule has 5 rings (SSSR count). The Hall–Kier alpha value is -3.77. The van der Waals surface area contributed by atoms with Gasteiger partial charge >= 0.3 is 0 Å². The number of fused-ring (bicyclic) bond motifs is 1. The molecule has 0 amide bonds. The standard InChI is InChI=1S/C25H25FN6O2/c1-15-20(13-30-32(15)22-5-3-4-6-23(22)33)17-9-24(25-18(10-27)11-29-31(25)14-17)34-16(2)21-8-7-19(26)12-28-21/h7-9,11-14,16,22-23,33H,3-6H2,1-2H3/t16-,22-,23-/m1/s1. The number of pyridine rings is 2. The highest BCUT2D eigenvalue weighted by atomic mass is 19.1. The van der Waals surface area contributed by atoms with Gasteiger partial charge in [0.15, 0.2) is 0 Å². The van der Waals surface area contributed by atoms with Crippen molar-refractivity contribution in [2.24, 2.45) is 0 Å². The van der Waals surface area contributed by atoms with E-state index in [9.17, 15) is 14.8 Å². The first-order valence-electron chi connectivity index (χ1n) is 11.4. The van der Waals surface area contributed by atoms with Crippen molar-refractivity contribution in [3.63, 3.8) is 0 Å². The molecule has 1 N–H and O–H groups in total. The van der Waals surface area contributed by atoms with Gasteiger partial charge < -0.3 is 9.84 Å². The van der Waals surface area contributed by atoms with Crippen LogP contribution < -0.4 is 4.74 Å². The molecule has 0 spiro atoms. The molecule has 4 aromatic heterocycles. The first-order chi connectivity index (χ1) is 16.5. The summed E-state index contributed by atoms with van der Waals surface area (Å²) in [5.74, 6) is 0.0495. The van der Waals surface area contributed by atoms with E-state index in [1.807, 2.05) is 30.8 Å². The molecule has 1 aliphatic rings. The Bertz CT molecular complexity index is 1370. The van der Waals surface area contributed by atoms with Crippen LogP contribution in [0.3, 0.4) is 0 Å². The van der Waals surface area contributed by atoms with Crippen LogP contribution in [0.1, 0.15) is 61.7 Å². The molecule has 0 bridgehead atoms. The van der Waals surface area contributed by atoms with Gasteiger partial charge in [0, 0.05) is 23.0 Å². The zero-order valence-electron chi connectivity index (χ0n) is 19.0. The van der Waals surface area contributed by atoms with Gasteiger partial charge in [-0.25, -0.2) is 8.91 Å². The molecule has 0 unspecified atom stereocenters. The number of rotatable bonds is 5. The third kappa shape index (κ3) is 3.90. The lowest BCUT2D eigenvalue weighted by Gasteiger charge is -2.28. The molecule has 4 aromatic rings. The zero-order chi connectivity index (χ0) is 23.8. The fraction of sp³-hybridized carbons (Fsp3) is 0.360. The molecule has 3 atom stereocenters. The highest BCUT2D eigenvalue weighted by molar-refractivity contribution is 5.76. The first kappa shape index (κ1) is 22.0. The third-order valence-electron chi connectivity index (χ3n) is 6.53. The van der Waals surface area contributed by atoms with Gasteiger partial charge in [-0.2, -0.15) is 15.5 Å². The topological polar surface area (TPSA) is 101 Å². The molecule has 1 saturated carbocycles. The number of hydrogen-bond donors (Lipinski definition) is 1. The van der Waals surface area contributed by atoms with Crippen molar-refractivity contribution in [2.75, 3.05) is 0 Å². The number of nitriles is 1. The smallest absolute Gasteiger partial charge is 0.148 e. The van der Waals surface area contributed by atoms with E-state index in [2.05, 4.69) is 21.3 Å². The van der Waals surface area contributed by atoms with Gasteiger partial charge in [0.1, 0.15) is 34.8 Å². The average Bonchev–Trinajstić information content (AvgIpc) is 3.43. The summed E-state index contributed by atoms with van der Waals surface area (Å²) in [5, 5.41) is 29.0. The van der Waals surface area contributed by atoms with Crippen LogP contribution in [0, 0.1) is 24.1 Å². The summed E-state index contributed by atoms with van der Waals surface area (Å²) in [6, 6.07) is 6.90. The maximum atomic E-state index is 13.3. The minimum atomic E-state index is -0.484. The highest BCUT2D eigenvalue weighted by Gasteiger charge is 2.27. The molecule has 34 heavy (non-hydrogen) atoms. The predicted octanol–water partition coefficient (Wildman–Crippen LogP) is 4.53. The number of nitrogens with zero attached hydrogens (tertiary/aromatic N) is 6. The van der Waals surface area contributed by atoms with E-state index in [4.69, 9.17) is 4.74 Å². The van der Waals surface area contributed by atoms with E-state index in [1.54, 1.807) is 16.8 Å². The minimum absolute atomic E-state index is 0.0404. The number of hydrogen-bond acceptors (Lipinski definition) is 6. The lowest BCUT2D eigenvalue weighted by atomic mass is 9.92. The Balaban J connectivity index is 1.56. The molecule has 0 radical (unpaired) electrons. The van der Waals surface area contributed by atoms with E-state index in [-0.39, 0.29) is 6.04 Å². The summed E-state index contributed by atoms with van der Waals surface area (Å²) in [7, 11) is 0. The van der Waals surface area contributed by atoms with Gasteiger partial charge in [0.2, 0.25) is 0 Å². The quantitative estimate of drug-likeness (QED) is 0.470. The number of ether oxygens (including phenoxy) is 1. The lowest BCUT2D eigenvalue weighted by molar-refractivity contribution is 0.0684. The first-order valence-corrected chi connectivity index (χ1v) is 11.4. The van der Waals surface area contributed by atoms with Crippen LogP contribution in [-0.2, 0) is 0 Å². The van der Waals surface area contributed by atoms with Crippen LogP contribution in [0.5, 0.6) is 5.75 Å². The Morgan fingerprint density at radius 2 is 2.03 bits per heavy atom. The summed E-state index contributed by atoms with van der Waals surface area (Å²) >= 11 is 0. The highest BCUT2D eigenvalue weighted by Crippen LogP contribution is 2.36. The second-order valence-electron chi connectivity index (χ2n) is 8.72. The van der Waals surface area contributed by atoms with Crippen LogP contribution in [0.2, 0.25) is 0 Å². The van der Waals surface area contributed by atoms with Crippen LogP contribution in [0.15, 0.2) is 43.0 Å². The summed E-state index contributed by atoms with van der Waals surface area (Å²) in [6.45, 7) is 3.81. The molecular formula is C25H25FN6O2. The lowest BCUT2D eigenvalue weighted by Crippen LogP contribution is -2.28. The van der Waals surface area contributed by atoms with Gasteiger partial charge in [0.25, 0.3) is 0 Å². The zero-order valence-corrected chi connectivity index (χ0v) is 19.0. The summed E-state index contributed by atoms with van der Waals surface area (Å²) in [5.41, 5.74) is 4.16. The summed E-state index contributed by atoms with van der Waals surface area (Å²) in [6.07, 6.45) is 9.17. The van der Waals surface area contributed by atoms with Crippen molar-refractivity contribution in [1.82, 2.24) is 24.4 Å². The molecule has 0 saturated heterocycles. The minimum Gasteiger partial charge on any atom is -0.482 e. The fourth-order valence-corrected chi connectivity index (χ4v) is 4.70. The Labute approximate surface area is 196 Å². The number of aromatic nitrogens is 5. The van der Waals surface area contributed by atoms with Gasteiger partial charge in [-0.05, 0) is 44.9 Å². The second-order valence-corrected chi connectivity index (χ2v) is 8.72. The molecule has 0 aromatic carbocycles. The Morgan fingerprint density at radius 3 is 2.76 bits per heavy atom. The SMILES string of the molecule is Cc1c(-c2cc(O[C@H](C)c3ccc(F)cn3)c3c(C#N)cnn3c2)cnn1[C@@H]1CCCC[C@H]1O. The molecule has 0 aliphatic heterocycles. The maximum absolute atomic E-state index is 13.3. The Morgan fingerprint density at radius 1 is 1.21 bits per heavy atom. The number of aliphatic hydroxyl groups is 1. The van der Waals surface area contributed by atoms with E-state index in [1.165, 1.54) is 12.3 Å². The van der Waals surface area contributed by atoms with Crippen molar-refractivity contribution in [3.8, 4) is 22.9 Å². The van der Waals surface area contributed by atoms with Crippen LogP contribution in [0.25, 0.3) is 16.6 Å².